The van der Waals surface area contributed by atoms with Crippen LogP contribution >= 0.6 is 15.9 Å². The summed E-state index contributed by atoms with van der Waals surface area (Å²) in [5, 5.41) is 2.83. The first-order valence-electron chi connectivity index (χ1n) is 11.8. The number of nitrogens with zero attached hydrogens (tertiary/aromatic N) is 1. The number of rotatable bonds is 8. The Hall–Kier alpha value is -2.68. The van der Waals surface area contributed by atoms with Crippen LogP contribution in [0.3, 0.4) is 0 Å². The van der Waals surface area contributed by atoms with E-state index in [1.807, 2.05) is 18.2 Å². The maximum atomic E-state index is 12.9. The van der Waals surface area contributed by atoms with Gasteiger partial charge in [0.05, 0.1) is 16.0 Å². The maximum absolute atomic E-state index is 12.9. The second kappa shape index (κ2) is 11.8. The fourth-order valence-corrected chi connectivity index (χ4v) is 6.04. The van der Waals surface area contributed by atoms with E-state index in [-0.39, 0.29) is 10.8 Å². The molecule has 1 amide bonds. The molecule has 0 unspecified atom stereocenters. The smallest absolute Gasteiger partial charge is 0.255 e. The van der Waals surface area contributed by atoms with Crippen molar-refractivity contribution in [3.05, 3.63) is 88.4 Å². The van der Waals surface area contributed by atoms with E-state index >= 15 is 0 Å². The van der Waals surface area contributed by atoms with E-state index in [1.54, 1.807) is 46.8 Å². The minimum absolute atomic E-state index is 0.247. The van der Waals surface area contributed by atoms with Gasteiger partial charge in [-0.15, -0.1) is 0 Å². The molecule has 1 heterocycles. The summed E-state index contributed by atoms with van der Waals surface area (Å²) in [7, 11) is -3.52. The van der Waals surface area contributed by atoms with E-state index in [1.165, 1.54) is 5.56 Å². The Labute approximate surface area is 215 Å². The largest absolute Gasteiger partial charge is 0.492 e. The lowest BCUT2D eigenvalue weighted by Gasteiger charge is -2.20. The maximum Gasteiger partial charge on any atom is 0.255 e. The van der Waals surface area contributed by atoms with Gasteiger partial charge in [0.15, 0.2) is 0 Å². The quantitative estimate of drug-likeness (QED) is 0.375. The van der Waals surface area contributed by atoms with Gasteiger partial charge in [-0.25, -0.2) is 8.42 Å². The van der Waals surface area contributed by atoms with Crippen molar-refractivity contribution < 1.29 is 17.9 Å². The number of halogens is 1. The van der Waals surface area contributed by atoms with Crippen molar-refractivity contribution in [1.82, 2.24) is 4.31 Å². The third-order valence-electron chi connectivity index (χ3n) is 6.00. The van der Waals surface area contributed by atoms with Gasteiger partial charge in [0, 0.05) is 30.8 Å². The number of hydrogen-bond donors (Lipinski definition) is 1. The molecule has 35 heavy (non-hydrogen) atoms. The van der Waals surface area contributed by atoms with Gasteiger partial charge in [0.2, 0.25) is 10.0 Å². The average molecular weight is 558 g/mol. The predicted octanol–water partition coefficient (Wildman–Crippen LogP) is 5.89. The van der Waals surface area contributed by atoms with Crippen molar-refractivity contribution >= 4 is 37.5 Å². The lowest BCUT2D eigenvalue weighted by atomic mass is 10.1. The lowest BCUT2D eigenvalue weighted by Crippen LogP contribution is -2.31. The van der Waals surface area contributed by atoms with Crippen molar-refractivity contribution in [3.8, 4) is 5.75 Å². The number of anilines is 1. The van der Waals surface area contributed by atoms with Gasteiger partial charge in [-0.2, -0.15) is 4.31 Å². The van der Waals surface area contributed by atoms with E-state index in [0.29, 0.717) is 41.2 Å². The van der Waals surface area contributed by atoms with Crippen LogP contribution in [0, 0.1) is 0 Å². The van der Waals surface area contributed by atoms with Crippen molar-refractivity contribution in [2.24, 2.45) is 0 Å². The molecule has 1 saturated heterocycles. The summed E-state index contributed by atoms with van der Waals surface area (Å²) in [6.07, 6.45) is 4.69. The topological polar surface area (TPSA) is 75.7 Å². The van der Waals surface area contributed by atoms with Gasteiger partial charge in [-0.1, -0.05) is 43.2 Å². The Morgan fingerprint density at radius 1 is 0.914 bits per heavy atom. The van der Waals surface area contributed by atoms with Crippen molar-refractivity contribution in [2.45, 2.75) is 37.0 Å². The molecule has 0 spiro atoms. The van der Waals surface area contributed by atoms with Crippen LogP contribution in [0.1, 0.15) is 41.6 Å². The summed E-state index contributed by atoms with van der Waals surface area (Å²) in [5.41, 5.74) is 2.20. The Kier molecular flexibility index (Phi) is 8.59. The van der Waals surface area contributed by atoms with Crippen LogP contribution in [0.4, 0.5) is 5.69 Å². The van der Waals surface area contributed by atoms with Gasteiger partial charge in [0.25, 0.3) is 5.91 Å². The third kappa shape index (κ3) is 6.72. The minimum atomic E-state index is -3.52. The Morgan fingerprint density at radius 3 is 2.26 bits per heavy atom. The highest BCUT2D eigenvalue weighted by atomic mass is 79.9. The molecule has 3 aromatic carbocycles. The number of ether oxygens (including phenoxy) is 1. The van der Waals surface area contributed by atoms with Crippen molar-refractivity contribution in [3.63, 3.8) is 0 Å². The molecule has 184 valence electrons. The number of hydrogen-bond acceptors (Lipinski definition) is 4. The minimum Gasteiger partial charge on any atom is -0.492 e. The zero-order valence-electron chi connectivity index (χ0n) is 19.5. The predicted molar refractivity (Wildman–Crippen MR) is 141 cm³/mol. The molecule has 1 aliphatic rings. The molecular weight excluding hydrogens is 528 g/mol. The summed E-state index contributed by atoms with van der Waals surface area (Å²) in [5.74, 6) is 0.380. The van der Waals surface area contributed by atoms with E-state index in [9.17, 15) is 13.2 Å². The molecule has 0 aromatic heterocycles. The molecule has 6 nitrogen and oxygen atoms in total. The van der Waals surface area contributed by atoms with Crippen LogP contribution in [0.25, 0.3) is 0 Å². The van der Waals surface area contributed by atoms with Gasteiger partial charge in [-0.3, -0.25) is 4.79 Å². The molecule has 8 heteroatoms. The molecule has 0 aliphatic carbocycles. The molecule has 0 radical (unpaired) electrons. The number of carbonyl (C=O) groups excluding carboxylic acids is 1. The SMILES string of the molecule is O=C(Nc1ccc(S(=O)(=O)N2CCCCCC2)cc1)c1ccc(OCCc2ccccc2)c(Br)c1. The zero-order chi connectivity index (χ0) is 24.7. The molecule has 3 aromatic rings. The number of nitrogens with one attached hydrogen (secondary N) is 1. The van der Waals surface area contributed by atoms with Crippen LogP contribution in [0.2, 0.25) is 0 Å². The monoisotopic (exact) mass is 556 g/mol. The first-order chi connectivity index (χ1) is 16.9. The van der Waals surface area contributed by atoms with Gasteiger partial charge < -0.3 is 10.1 Å². The van der Waals surface area contributed by atoms with Crippen LogP contribution in [-0.2, 0) is 16.4 Å². The van der Waals surface area contributed by atoms with E-state index in [0.717, 1.165) is 32.1 Å². The molecule has 1 aliphatic heterocycles. The van der Waals surface area contributed by atoms with Crippen molar-refractivity contribution in [1.29, 1.82) is 0 Å². The Bertz CT molecular complexity index is 1240. The summed E-state index contributed by atoms with van der Waals surface area (Å²) >= 11 is 3.49. The van der Waals surface area contributed by atoms with Crippen LogP contribution in [-0.4, -0.2) is 38.3 Å². The highest BCUT2D eigenvalue weighted by Gasteiger charge is 2.25. The molecule has 1 N–H and O–H groups in total. The fraction of sp³-hybridized carbons (Fsp3) is 0.296. The summed E-state index contributed by atoms with van der Waals surface area (Å²) in [6, 6.07) is 21.6. The second-order valence-electron chi connectivity index (χ2n) is 8.53. The van der Waals surface area contributed by atoms with Crippen LogP contribution in [0.15, 0.2) is 82.2 Å². The number of benzene rings is 3. The first kappa shape index (κ1) is 25.4. The molecule has 4 rings (SSSR count). The number of sulfonamides is 1. The normalized spacial score (nSPS) is 14.8. The van der Waals surface area contributed by atoms with Gasteiger partial charge in [0.1, 0.15) is 5.75 Å². The molecule has 0 saturated carbocycles. The van der Waals surface area contributed by atoms with Crippen LogP contribution in [0.5, 0.6) is 5.75 Å². The van der Waals surface area contributed by atoms with E-state index in [4.69, 9.17) is 4.74 Å². The van der Waals surface area contributed by atoms with Crippen LogP contribution < -0.4 is 10.1 Å². The molecule has 0 bridgehead atoms. The Morgan fingerprint density at radius 2 is 1.60 bits per heavy atom. The molecule has 0 atom stereocenters. The fourth-order valence-electron chi connectivity index (χ4n) is 4.03. The highest BCUT2D eigenvalue weighted by molar-refractivity contribution is 9.10. The molecule has 1 fully saturated rings. The second-order valence-corrected chi connectivity index (χ2v) is 11.3. The average Bonchev–Trinajstić information content (AvgIpc) is 3.16. The summed E-state index contributed by atoms with van der Waals surface area (Å²) in [6.45, 7) is 1.64. The molecular formula is C27H29BrN2O4S. The summed E-state index contributed by atoms with van der Waals surface area (Å²) in [4.78, 5) is 13.0. The van der Waals surface area contributed by atoms with Gasteiger partial charge >= 0.3 is 0 Å². The lowest BCUT2D eigenvalue weighted by molar-refractivity contribution is 0.102. The zero-order valence-corrected chi connectivity index (χ0v) is 21.9. The summed E-state index contributed by atoms with van der Waals surface area (Å²) < 4.78 is 34.0. The number of amides is 1. The standard InChI is InChI=1S/C27H29BrN2O4S/c28-25-20-22(10-15-26(25)34-19-16-21-8-4-3-5-9-21)27(31)29-23-11-13-24(14-12-23)35(32,33)30-17-6-1-2-7-18-30/h3-5,8-15,20H,1-2,6-7,16-19H2,(H,29,31). The third-order valence-corrected chi connectivity index (χ3v) is 8.53. The Balaban J connectivity index is 1.35. The van der Waals surface area contributed by atoms with E-state index < -0.39 is 10.0 Å². The first-order valence-corrected chi connectivity index (χ1v) is 14.0. The highest BCUT2D eigenvalue weighted by Crippen LogP contribution is 2.27. The van der Waals surface area contributed by atoms with E-state index in [2.05, 4.69) is 33.4 Å². The van der Waals surface area contributed by atoms with Crippen molar-refractivity contribution in [2.75, 3.05) is 25.0 Å². The number of carbonyl (C=O) groups is 1. The van der Waals surface area contributed by atoms with Gasteiger partial charge in [-0.05, 0) is 76.8 Å².